The van der Waals surface area contributed by atoms with Crippen molar-refractivity contribution in [3.63, 3.8) is 0 Å². The summed E-state index contributed by atoms with van der Waals surface area (Å²) in [6.07, 6.45) is 2.82. The minimum Gasteiger partial charge on any atom is -0.364 e. The van der Waals surface area contributed by atoms with Crippen LogP contribution in [0.3, 0.4) is 0 Å². The summed E-state index contributed by atoms with van der Waals surface area (Å²) >= 11 is 0. The van der Waals surface area contributed by atoms with Crippen LogP contribution in [0.5, 0.6) is 0 Å². The van der Waals surface area contributed by atoms with Gasteiger partial charge in [0.05, 0.1) is 12.5 Å². The van der Waals surface area contributed by atoms with Crippen molar-refractivity contribution in [1.29, 1.82) is 0 Å². The molecule has 0 fully saturated rings. The molecule has 0 radical (unpaired) electrons. The van der Waals surface area contributed by atoms with Crippen LogP contribution in [0, 0.1) is 5.82 Å². The predicted octanol–water partition coefficient (Wildman–Crippen LogP) is 1.11. The first-order chi connectivity index (χ1) is 7.18. The van der Waals surface area contributed by atoms with Crippen LogP contribution in [0.2, 0.25) is 0 Å². The molecule has 15 heavy (non-hydrogen) atoms. The molecular formula is C10H8FN3O. The molecule has 5 heteroatoms. The number of amides is 1. The second kappa shape index (κ2) is 3.53. The fourth-order valence-corrected chi connectivity index (χ4v) is 1.28. The molecular weight excluding hydrogens is 197 g/mol. The van der Waals surface area contributed by atoms with Gasteiger partial charge in [-0.1, -0.05) is 0 Å². The Morgan fingerprint density at radius 2 is 2.00 bits per heavy atom. The van der Waals surface area contributed by atoms with Gasteiger partial charge < -0.3 is 5.73 Å². The molecule has 0 saturated carbocycles. The van der Waals surface area contributed by atoms with E-state index in [0.717, 1.165) is 0 Å². The average Bonchev–Trinajstić information content (AvgIpc) is 2.67. The van der Waals surface area contributed by atoms with Crippen molar-refractivity contribution < 1.29 is 9.18 Å². The van der Waals surface area contributed by atoms with Crippen LogP contribution in [-0.2, 0) is 0 Å². The van der Waals surface area contributed by atoms with Crippen LogP contribution < -0.4 is 5.73 Å². The lowest BCUT2D eigenvalue weighted by molar-refractivity contribution is 0.0994. The van der Waals surface area contributed by atoms with E-state index in [2.05, 4.69) is 4.98 Å². The summed E-state index contributed by atoms with van der Waals surface area (Å²) in [4.78, 5) is 14.8. The van der Waals surface area contributed by atoms with Gasteiger partial charge >= 0.3 is 0 Å². The SMILES string of the molecule is NC(=O)c1cncn1-c1ccc(F)cc1. The summed E-state index contributed by atoms with van der Waals surface area (Å²) in [5.41, 5.74) is 6.06. The van der Waals surface area contributed by atoms with E-state index in [0.29, 0.717) is 5.69 Å². The van der Waals surface area contributed by atoms with E-state index in [1.54, 1.807) is 12.1 Å². The van der Waals surface area contributed by atoms with Gasteiger partial charge in [-0.15, -0.1) is 0 Å². The number of imidazole rings is 1. The Kier molecular flexibility index (Phi) is 2.21. The zero-order valence-corrected chi connectivity index (χ0v) is 7.72. The van der Waals surface area contributed by atoms with Gasteiger partial charge in [0, 0.05) is 5.69 Å². The molecule has 76 valence electrons. The van der Waals surface area contributed by atoms with Crippen molar-refractivity contribution in [3.8, 4) is 5.69 Å². The molecule has 4 nitrogen and oxygen atoms in total. The van der Waals surface area contributed by atoms with Gasteiger partial charge in [0.25, 0.3) is 5.91 Å². The minimum atomic E-state index is -0.572. The van der Waals surface area contributed by atoms with Crippen molar-refractivity contribution in [2.24, 2.45) is 5.73 Å². The molecule has 2 rings (SSSR count). The van der Waals surface area contributed by atoms with E-state index in [-0.39, 0.29) is 11.5 Å². The Balaban J connectivity index is 2.49. The van der Waals surface area contributed by atoms with Crippen LogP contribution >= 0.6 is 0 Å². The molecule has 0 atom stereocenters. The number of hydrogen-bond donors (Lipinski definition) is 1. The van der Waals surface area contributed by atoms with Crippen LogP contribution in [-0.4, -0.2) is 15.5 Å². The van der Waals surface area contributed by atoms with Crippen molar-refractivity contribution in [2.45, 2.75) is 0 Å². The second-order valence-electron chi connectivity index (χ2n) is 2.99. The van der Waals surface area contributed by atoms with Gasteiger partial charge in [-0.25, -0.2) is 9.37 Å². The molecule has 0 aliphatic heterocycles. The number of carbonyl (C=O) groups is 1. The zero-order chi connectivity index (χ0) is 10.8. The van der Waals surface area contributed by atoms with E-state index < -0.39 is 5.91 Å². The van der Waals surface area contributed by atoms with Gasteiger partial charge in [-0.3, -0.25) is 9.36 Å². The molecule has 0 unspecified atom stereocenters. The summed E-state index contributed by atoms with van der Waals surface area (Å²) < 4.78 is 14.2. The Labute approximate surface area is 85.2 Å². The maximum atomic E-state index is 12.7. The standard InChI is InChI=1S/C10H8FN3O/c11-7-1-3-8(4-2-7)14-6-13-5-9(14)10(12)15/h1-6H,(H2,12,15). The second-order valence-corrected chi connectivity index (χ2v) is 2.99. The van der Waals surface area contributed by atoms with Crippen LogP contribution in [0.25, 0.3) is 5.69 Å². The van der Waals surface area contributed by atoms with Crippen LogP contribution in [0.1, 0.15) is 10.5 Å². The lowest BCUT2D eigenvalue weighted by Crippen LogP contribution is -2.15. The molecule has 0 saturated heterocycles. The highest BCUT2D eigenvalue weighted by Gasteiger charge is 2.08. The first-order valence-electron chi connectivity index (χ1n) is 4.26. The van der Waals surface area contributed by atoms with Crippen LogP contribution in [0.4, 0.5) is 4.39 Å². The van der Waals surface area contributed by atoms with E-state index >= 15 is 0 Å². The minimum absolute atomic E-state index is 0.265. The molecule has 0 aliphatic rings. The van der Waals surface area contributed by atoms with Gasteiger partial charge in [0.2, 0.25) is 0 Å². The molecule has 1 heterocycles. The summed E-state index contributed by atoms with van der Waals surface area (Å²) in [6, 6.07) is 5.70. The average molecular weight is 205 g/mol. The van der Waals surface area contributed by atoms with Gasteiger partial charge in [0.15, 0.2) is 0 Å². The smallest absolute Gasteiger partial charge is 0.267 e. The lowest BCUT2D eigenvalue weighted by atomic mass is 10.3. The normalized spacial score (nSPS) is 10.2. The number of aromatic nitrogens is 2. The quantitative estimate of drug-likeness (QED) is 0.798. The molecule has 1 aromatic carbocycles. The monoisotopic (exact) mass is 205 g/mol. The fourth-order valence-electron chi connectivity index (χ4n) is 1.28. The van der Waals surface area contributed by atoms with Crippen LogP contribution in [0.15, 0.2) is 36.8 Å². The first-order valence-corrected chi connectivity index (χ1v) is 4.26. The van der Waals surface area contributed by atoms with Gasteiger partial charge in [-0.05, 0) is 24.3 Å². The fraction of sp³-hybridized carbons (Fsp3) is 0. The highest BCUT2D eigenvalue weighted by atomic mass is 19.1. The highest BCUT2D eigenvalue weighted by Crippen LogP contribution is 2.11. The summed E-state index contributed by atoms with van der Waals surface area (Å²) in [6.45, 7) is 0. The maximum absolute atomic E-state index is 12.7. The molecule has 0 spiro atoms. The van der Waals surface area contributed by atoms with Crippen molar-refractivity contribution in [3.05, 3.63) is 48.3 Å². The van der Waals surface area contributed by atoms with Crippen molar-refractivity contribution >= 4 is 5.91 Å². The molecule has 1 aromatic heterocycles. The molecule has 1 amide bonds. The summed E-state index contributed by atoms with van der Waals surface area (Å²) in [5, 5.41) is 0. The van der Waals surface area contributed by atoms with Gasteiger partial charge in [0.1, 0.15) is 11.5 Å². The molecule has 0 aliphatic carbocycles. The first kappa shape index (κ1) is 9.39. The van der Waals surface area contributed by atoms with E-state index in [4.69, 9.17) is 5.73 Å². The highest BCUT2D eigenvalue weighted by molar-refractivity contribution is 5.91. The number of halogens is 1. The third-order valence-corrected chi connectivity index (χ3v) is 2.00. The van der Waals surface area contributed by atoms with E-state index in [1.165, 1.54) is 29.2 Å². The Hall–Kier alpha value is -2.17. The van der Waals surface area contributed by atoms with Crippen molar-refractivity contribution in [1.82, 2.24) is 9.55 Å². The molecule has 0 bridgehead atoms. The van der Waals surface area contributed by atoms with Gasteiger partial charge in [-0.2, -0.15) is 0 Å². The Morgan fingerprint density at radius 3 is 2.60 bits per heavy atom. The summed E-state index contributed by atoms with van der Waals surface area (Å²) in [7, 11) is 0. The zero-order valence-electron chi connectivity index (χ0n) is 7.72. The number of rotatable bonds is 2. The third-order valence-electron chi connectivity index (χ3n) is 2.00. The van der Waals surface area contributed by atoms with Crippen molar-refractivity contribution in [2.75, 3.05) is 0 Å². The number of benzene rings is 1. The Morgan fingerprint density at radius 1 is 1.33 bits per heavy atom. The number of nitrogens with zero attached hydrogens (tertiary/aromatic N) is 2. The van der Waals surface area contributed by atoms with E-state index in [9.17, 15) is 9.18 Å². The predicted molar refractivity (Wildman–Crippen MR) is 52.0 cm³/mol. The number of carbonyl (C=O) groups excluding carboxylic acids is 1. The molecule has 2 N–H and O–H groups in total. The topological polar surface area (TPSA) is 60.9 Å². The van der Waals surface area contributed by atoms with E-state index in [1.807, 2.05) is 0 Å². The lowest BCUT2D eigenvalue weighted by Gasteiger charge is -2.04. The third kappa shape index (κ3) is 1.71. The Bertz CT molecular complexity index is 490. The number of primary amides is 1. The largest absolute Gasteiger partial charge is 0.364 e. The summed E-state index contributed by atoms with van der Waals surface area (Å²) in [5.74, 6) is -0.906. The maximum Gasteiger partial charge on any atom is 0.267 e. The molecule has 2 aromatic rings. The number of hydrogen-bond acceptors (Lipinski definition) is 2. The number of nitrogens with two attached hydrogens (primary N) is 1.